The minimum Gasteiger partial charge on any atom is -0.345 e. The number of hydrogen-bond acceptors (Lipinski definition) is 1. The molecule has 1 N–H and O–H groups in total. The van der Waals surface area contributed by atoms with Crippen LogP contribution in [-0.4, -0.2) is 5.91 Å². The summed E-state index contributed by atoms with van der Waals surface area (Å²) in [6.07, 6.45) is 0. The average molecular weight is 310 g/mol. The Bertz CT molecular complexity index is 823. The number of carbonyl (C=O) groups is 1. The van der Waals surface area contributed by atoms with E-state index in [-0.39, 0.29) is 11.9 Å². The second kappa shape index (κ2) is 6.20. The van der Waals surface area contributed by atoms with Crippen molar-refractivity contribution in [1.29, 1.82) is 0 Å². The number of amides is 1. The topological polar surface area (TPSA) is 29.1 Å². The third-order valence-electron chi connectivity index (χ3n) is 3.76. The summed E-state index contributed by atoms with van der Waals surface area (Å²) in [4.78, 5) is 12.4. The molecule has 110 valence electrons. The molecule has 0 fully saturated rings. The van der Waals surface area contributed by atoms with Crippen LogP contribution in [0.15, 0.2) is 66.7 Å². The molecule has 0 unspecified atom stereocenters. The second-order valence-electron chi connectivity index (χ2n) is 5.24. The van der Waals surface area contributed by atoms with Crippen LogP contribution in [0.4, 0.5) is 0 Å². The molecule has 0 aromatic heterocycles. The van der Waals surface area contributed by atoms with Crippen LogP contribution >= 0.6 is 11.6 Å². The maximum Gasteiger partial charge on any atom is 0.253 e. The summed E-state index contributed by atoms with van der Waals surface area (Å²) in [6, 6.07) is 21.3. The molecule has 1 atom stereocenters. The van der Waals surface area contributed by atoms with Gasteiger partial charge in [-0.25, -0.2) is 0 Å². The first-order valence-corrected chi connectivity index (χ1v) is 7.57. The van der Waals surface area contributed by atoms with Crippen LogP contribution < -0.4 is 5.32 Å². The fourth-order valence-electron chi connectivity index (χ4n) is 2.63. The normalized spacial score (nSPS) is 12.1. The predicted molar refractivity (Wildman–Crippen MR) is 91.3 cm³/mol. The molecule has 3 heteroatoms. The molecular formula is C19H16ClNO. The second-order valence-corrected chi connectivity index (χ2v) is 5.65. The molecule has 2 nitrogen and oxygen atoms in total. The molecule has 0 aliphatic carbocycles. The predicted octanol–water partition coefficient (Wildman–Crippen LogP) is 4.98. The van der Waals surface area contributed by atoms with Gasteiger partial charge in [0.1, 0.15) is 0 Å². The van der Waals surface area contributed by atoms with Gasteiger partial charge in [-0.3, -0.25) is 4.79 Å². The van der Waals surface area contributed by atoms with E-state index < -0.39 is 0 Å². The SMILES string of the molecule is C[C@@H](NC(=O)c1ccccc1Cl)c1cccc2ccccc12. The minimum atomic E-state index is -0.161. The summed E-state index contributed by atoms with van der Waals surface area (Å²) in [5.74, 6) is -0.161. The highest BCUT2D eigenvalue weighted by atomic mass is 35.5. The van der Waals surface area contributed by atoms with Gasteiger partial charge >= 0.3 is 0 Å². The standard InChI is InChI=1S/C19H16ClNO/c1-13(21-19(22)17-10-4-5-12-18(17)20)15-11-6-8-14-7-2-3-9-16(14)15/h2-13H,1H3,(H,21,22)/t13-/m1/s1. The third-order valence-corrected chi connectivity index (χ3v) is 4.09. The van der Waals surface area contributed by atoms with Gasteiger partial charge in [0.05, 0.1) is 16.6 Å². The highest BCUT2D eigenvalue weighted by molar-refractivity contribution is 6.33. The van der Waals surface area contributed by atoms with Gasteiger partial charge in [-0.1, -0.05) is 66.2 Å². The number of fused-ring (bicyclic) bond motifs is 1. The molecule has 0 radical (unpaired) electrons. The Morgan fingerprint density at radius 3 is 2.45 bits per heavy atom. The van der Waals surface area contributed by atoms with E-state index in [4.69, 9.17) is 11.6 Å². The Labute approximate surface area is 134 Å². The van der Waals surface area contributed by atoms with Crippen LogP contribution in [0.25, 0.3) is 10.8 Å². The molecule has 0 saturated carbocycles. The lowest BCUT2D eigenvalue weighted by atomic mass is 9.99. The van der Waals surface area contributed by atoms with Crippen molar-refractivity contribution in [2.45, 2.75) is 13.0 Å². The molecule has 3 aromatic rings. The van der Waals surface area contributed by atoms with Crippen LogP contribution in [0, 0.1) is 0 Å². The highest BCUT2D eigenvalue weighted by Gasteiger charge is 2.15. The van der Waals surface area contributed by atoms with Crippen molar-refractivity contribution in [2.75, 3.05) is 0 Å². The summed E-state index contributed by atoms with van der Waals surface area (Å²) < 4.78 is 0. The number of nitrogens with one attached hydrogen (secondary N) is 1. The van der Waals surface area contributed by atoms with E-state index in [1.807, 2.05) is 43.3 Å². The van der Waals surface area contributed by atoms with Crippen molar-refractivity contribution >= 4 is 28.3 Å². The number of benzene rings is 3. The monoisotopic (exact) mass is 309 g/mol. The van der Waals surface area contributed by atoms with E-state index in [2.05, 4.69) is 23.5 Å². The van der Waals surface area contributed by atoms with Crippen LogP contribution in [0.1, 0.15) is 28.9 Å². The molecule has 0 aliphatic heterocycles. The first kappa shape index (κ1) is 14.6. The van der Waals surface area contributed by atoms with E-state index >= 15 is 0 Å². The molecule has 0 saturated heterocycles. The third kappa shape index (κ3) is 2.83. The number of halogens is 1. The van der Waals surface area contributed by atoms with Gasteiger partial charge in [0, 0.05) is 0 Å². The fraction of sp³-hybridized carbons (Fsp3) is 0.105. The number of carbonyl (C=O) groups excluding carboxylic acids is 1. The fourth-order valence-corrected chi connectivity index (χ4v) is 2.85. The van der Waals surface area contributed by atoms with Crippen LogP contribution in [0.3, 0.4) is 0 Å². The Kier molecular flexibility index (Phi) is 4.12. The summed E-state index contributed by atoms with van der Waals surface area (Å²) in [5.41, 5.74) is 1.59. The van der Waals surface area contributed by atoms with Gasteiger partial charge in [-0.15, -0.1) is 0 Å². The van der Waals surface area contributed by atoms with Crippen molar-refractivity contribution < 1.29 is 4.79 Å². The lowest BCUT2D eigenvalue weighted by Gasteiger charge is -2.17. The van der Waals surface area contributed by atoms with E-state index in [0.717, 1.165) is 10.9 Å². The summed E-state index contributed by atoms with van der Waals surface area (Å²) >= 11 is 6.08. The summed E-state index contributed by atoms with van der Waals surface area (Å²) in [5, 5.41) is 5.80. The zero-order valence-electron chi connectivity index (χ0n) is 12.2. The Morgan fingerprint density at radius 2 is 1.64 bits per heavy atom. The lowest BCUT2D eigenvalue weighted by molar-refractivity contribution is 0.0940. The Morgan fingerprint density at radius 1 is 0.955 bits per heavy atom. The molecule has 0 heterocycles. The van der Waals surface area contributed by atoms with Gasteiger partial charge in [0.2, 0.25) is 0 Å². The molecule has 1 amide bonds. The summed E-state index contributed by atoms with van der Waals surface area (Å²) in [6.45, 7) is 1.98. The quantitative estimate of drug-likeness (QED) is 0.726. The van der Waals surface area contributed by atoms with E-state index in [1.54, 1.807) is 12.1 Å². The molecule has 3 rings (SSSR count). The van der Waals surface area contributed by atoms with Gasteiger partial charge in [-0.05, 0) is 35.4 Å². The number of hydrogen-bond donors (Lipinski definition) is 1. The van der Waals surface area contributed by atoms with Crippen molar-refractivity contribution in [3.8, 4) is 0 Å². The van der Waals surface area contributed by atoms with Crippen LogP contribution in [0.2, 0.25) is 5.02 Å². The summed E-state index contributed by atoms with van der Waals surface area (Å²) in [7, 11) is 0. The van der Waals surface area contributed by atoms with E-state index in [9.17, 15) is 4.79 Å². The zero-order valence-corrected chi connectivity index (χ0v) is 13.0. The molecule has 3 aromatic carbocycles. The van der Waals surface area contributed by atoms with Gasteiger partial charge in [-0.2, -0.15) is 0 Å². The molecule has 0 aliphatic rings. The van der Waals surface area contributed by atoms with Crippen LogP contribution in [-0.2, 0) is 0 Å². The molecule has 0 spiro atoms. The minimum absolute atomic E-state index is 0.102. The maximum absolute atomic E-state index is 12.4. The number of rotatable bonds is 3. The maximum atomic E-state index is 12.4. The van der Waals surface area contributed by atoms with E-state index in [1.165, 1.54) is 5.39 Å². The van der Waals surface area contributed by atoms with E-state index in [0.29, 0.717) is 10.6 Å². The molecular weight excluding hydrogens is 294 g/mol. The van der Waals surface area contributed by atoms with Gasteiger partial charge < -0.3 is 5.32 Å². The highest BCUT2D eigenvalue weighted by Crippen LogP contribution is 2.25. The van der Waals surface area contributed by atoms with Crippen molar-refractivity contribution in [3.05, 3.63) is 82.9 Å². The van der Waals surface area contributed by atoms with Crippen molar-refractivity contribution in [2.24, 2.45) is 0 Å². The van der Waals surface area contributed by atoms with Crippen molar-refractivity contribution in [1.82, 2.24) is 5.32 Å². The largest absolute Gasteiger partial charge is 0.345 e. The smallest absolute Gasteiger partial charge is 0.253 e. The first-order chi connectivity index (χ1) is 10.7. The zero-order chi connectivity index (χ0) is 15.5. The Balaban J connectivity index is 1.89. The molecule has 0 bridgehead atoms. The van der Waals surface area contributed by atoms with Gasteiger partial charge in [0.15, 0.2) is 0 Å². The Hall–Kier alpha value is -2.32. The first-order valence-electron chi connectivity index (χ1n) is 7.20. The van der Waals surface area contributed by atoms with Crippen molar-refractivity contribution in [3.63, 3.8) is 0 Å². The van der Waals surface area contributed by atoms with Gasteiger partial charge in [0.25, 0.3) is 5.91 Å². The van der Waals surface area contributed by atoms with Crippen LogP contribution in [0.5, 0.6) is 0 Å². The average Bonchev–Trinajstić information content (AvgIpc) is 2.54. The molecule has 22 heavy (non-hydrogen) atoms. The lowest BCUT2D eigenvalue weighted by Crippen LogP contribution is -2.27.